The van der Waals surface area contributed by atoms with E-state index in [9.17, 15) is 27.2 Å². The maximum absolute atomic E-state index is 13.4. The summed E-state index contributed by atoms with van der Waals surface area (Å²) in [4.78, 5) is 31.4. The van der Waals surface area contributed by atoms with Crippen molar-refractivity contribution < 1.29 is 31.9 Å². The van der Waals surface area contributed by atoms with Crippen LogP contribution in [0.1, 0.15) is 11.3 Å². The van der Waals surface area contributed by atoms with E-state index in [-0.39, 0.29) is 23.5 Å². The van der Waals surface area contributed by atoms with Crippen molar-refractivity contribution >= 4 is 23.1 Å². The van der Waals surface area contributed by atoms with E-state index in [1.54, 1.807) is 18.2 Å². The number of pyridine rings is 1. The number of benzene rings is 2. The molecule has 4 rings (SSSR count). The number of hydrogen-bond acceptors (Lipinski definition) is 5. The molecule has 0 atom stereocenters. The van der Waals surface area contributed by atoms with Crippen LogP contribution in [-0.2, 0) is 16.1 Å². The van der Waals surface area contributed by atoms with Crippen molar-refractivity contribution in [3.8, 4) is 5.75 Å². The Bertz CT molecular complexity index is 1210. The average molecular weight is 457 g/mol. The van der Waals surface area contributed by atoms with Gasteiger partial charge >= 0.3 is 6.36 Å². The maximum Gasteiger partial charge on any atom is 0.573 e. The fourth-order valence-electron chi connectivity index (χ4n) is 3.26. The highest BCUT2D eigenvalue weighted by Crippen LogP contribution is 2.32. The van der Waals surface area contributed by atoms with E-state index < -0.39 is 29.7 Å². The zero-order chi connectivity index (χ0) is 23.6. The second-order valence-corrected chi connectivity index (χ2v) is 6.97. The number of rotatable bonds is 6. The van der Waals surface area contributed by atoms with Gasteiger partial charge in [-0.25, -0.2) is 4.39 Å². The molecule has 168 valence electrons. The summed E-state index contributed by atoms with van der Waals surface area (Å²) < 4.78 is 54.4. The Morgan fingerprint density at radius 1 is 0.909 bits per heavy atom. The van der Waals surface area contributed by atoms with Gasteiger partial charge in [0.25, 0.3) is 11.8 Å². The standard InChI is InChI=1S/C23H15F4N3O3/c24-15-6-4-14(5-7-15)19-20(29-16-8-10-18(11-9-16)33-23(25,26)27)22(32)30(21(19)31)13-17-3-1-2-12-28-17/h1-12,29H,13H2. The first-order chi connectivity index (χ1) is 15.7. The van der Waals surface area contributed by atoms with E-state index in [0.717, 1.165) is 29.2 Å². The summed E-state index contributed by atoms with van der Waals surface area (Å²) in [6.45, 7) is -0.0905. The van der Waals surface area contributed by atoms with E-state index in [2.05, 4.69) is 15.0 Å². The molecule has 6 nitrogen and oxygen atoms in total. The highest BCUT2D eigenvalue weighted by molar-refractivity contribution is 6.36. The Kier molecular flexibility index (Phi) is 5.82. The minimum absolute atomic E-state index is 0.00606. The summed E-state index contributed by atoms with van der Waals surface area (Å²) in [5, 5.41) is 2.81. The third kappa shape index (κ3) is 5.00. The van der Waals surface area contributed by atoms with Crippen molar-refractivity contribution in [2.75, 3.05) is 5.32 Å². The number of imide groups is 1. The molecular formula is C23H15F4N3O3. The lowest BCUT2D eigenvalue weighted by Crippen LogP contribution is -2.32. The van der Waals surface area contributed by atoms with Crippen molar-refractivity contribution in [1.29, 1.82) is 0 Å². The van der Waals surface area contributed by atoms with Crippen LogP contribution in [0, 0.1) is 5.82 Å². The second kappa shape index (κ2) is 8.73. The molecule has 2 aromatic carbocycles. The summed E-state index contributed by atoms with van der Waals surface area (Å²) in [6.07, 6.45) is -3.31. The molecule has 1 aromatic heterocycles. The number of anilines is 1. The molecule has 0 unspecified atom stereocenters. The Labute approximate surface area is 185 Å². The van der Waals surface area contributed by atoms with E-state index in [0.29, 0.717) is 11.3 Å². The first-order valence-electron chi connectivity index (χ1n) is 9.60. The third-order valence-corrected chi connectivity index (χ3v) is 4.70. The normalized spacial score (nSPS) is 14.1. The smallest absolute Gasteiger partial charge is 0.406 e. The molecule has 2 heterocycles. The minimum Gasteiger partial charge on any atom is -0.406 e. The molecular weight excluding hydrogens is 442 g/mol. The summed E-state index contributed by atoms with van der Waals surface area (Å²) in [5.41, 5.74) is 0.948. The van der Waals surface area contributed by atoms with Gasteiger partial charge in [0.05, 0.1) is 17.8 Å². The van der Waals surface area contributed by atoms with E-state index in [1.807, 2.05) is 0 Å². The van der Waals surface area contributed by atoms with Crippen molar-refractivity contribution in [2.45, 2.75) is 12.9 Å². The summed E-state index contributed by atoms with van der Waals surface area (Å²) in [7, 11) is 0. The lowest BCUT2D eigenvalue weighted by atomic mass is 10.0. The molecule has 0 radical (unpaired) electrons. The van der Waals surface area contributed by atoms with Gasteiger partial charge in [-0.15, -0.1) is 13.2 Å². The predicted octanol–water partition coefficient (Wildman–Crippen LogP) is 4.51. The van der Waals surface area contributed by atoms with Crippen LogP contribution in [0.5, 0.6) is 5.75 Å². The van der Waals surface area contributed by atoms with Gasteiger partial charge in [0.1, 0.15) is 17.3 Å². The lowest BCUT2D eigenvalue weighted by Gasteiger charge is -2.15. The number of nitrogens with one attached hydrogen (secondary N) is 1. The molecule has 0 saturated heterocycles. The zero-order valence-corrected chi connectivity index (χ0v) is 16.8. The van der Waals surface area contributed by atoms with Gasteiger partial charge in [-0.3, -0.25) is 19.5 Å². The minimum atomic E-state index is -4.84. The topological polar surface area (TPSA) is 71.5 Å². The fraction of sp³-hybridized carbons (Fsp3) is 0.0870. The van der Waals surface area contributed by atoms with Gasteiger partial charge < -0.3 is 10.1 Å². The molecule has 0 fully saturated rings. The molecule has 0 aliphatic carbocycles. The fourth-order valence-corrected chi connectivity index (χ4v) is 3.26. The Morgan fingerprint density at radius 2 is 1.61 bits per heavy atom. The summed E-state index contributed by atoms with van der Waals surface area (Å²) >= 11 is 0. The SMILES string of the molecule is O=C1C(Nc2ccc(OC(F)(F)F)cc2)=C(c2ccc(F)cc2)C(=O)N1Cc1ccccn1. The second-order valence-electron chi connectivity index (χ2n) is 6.97. The number of amides is 2. The van der Waals surface area contributed by atoms with Crippen LogP contribution >= 0.6 is 0 Å². The first kappa shape index (κ1) is 22.0. The molecule has 1 N–H and O–H groups in total. The highest BCUT2D eigenvalue weighted by Gasteiger charge is 2.39. The van der Waals surface area contributed by atoms with Crippen LogP contribution in [0.4, 0.5) is 23.2 Å². The lowest BCUT2D eigenvalue weighted by molar-refractivity contribution is -0.274. The van der Waals surface area contributed by atoms with Gasteiger partial charge in [-0.1, -0.05) is 18.2 Å². The molecule has 2 amide bonds. The molecule has 1 aliphatic rings. The molecule has 0 saturated carbocycles. The van der Waals surface area contributed by atoms with Gasteiger partial charge in [-0.2, -0.15) is 0 Å². The number of hydrogen-bond donors (Lipinski definition) is 1. The Balaban J connectivity index is 1.67. The third-order valence-electron chi connectivity index (χ3n) is 4.70. The Morgan fingerprint density at radius 3 is 2.21 bits per heavy atom. The monoisotopic (exact) mass is 457 g/mol. The van der Waals surface area contributed by atoms with E-state index in [1.165, 1.54) is 30.5 Å². The van der Waals surface area contributed by atoms with Crippen molar-refractivity contribution in [2.24, 2.45) is 0 Å². The van der Waals surface area contributed by atoms with Crippen LogP contribution in [0.25, 0.3) is 5.57 Å². The Hall–Kier alpha value is -4.21. The largest absolute Gasteiger partial charge is 0.573 e. The van der Waals surface area contributed by atoms with Crippen molar-refractivity contribution in [3.63, 3.8) is 0 Å². The number of carbonyl (C=O) groups excluding carboxylic acids is 2. The number of halogens is 4. The highest BCUT2D eigenvalue weighted by atomic mass is 19.4. The zero-order valence-electron chi connectivity index (χ0n) is 16.8. The van der Waals surface area contributed by atoms with Crippen molar-refractivity contribution in [1.82, 2.24) is 9.88 Å². The van der Waals surface area contributed by atoms with E-state index >= 15 is 0 Å². The molecule has 33 heavy (non-hydrogen) atoms. The number of carbonyl (C=O) groups is 2. The number of aromatic nitrogens is 1. The van der Waals surface area contributed by atoms with Crippen LogP contribution < -0.4 is 10.1 Å². The molecule has 1 aliphatic heterocycles. The number of nitrogens with zero attached hydrogens (tertiary/aromatic N) is 2. The van der Waals surface area contributed by atoms with Crippen LogP contribution in [0.2, 0.25) is 0 Å². The molecule has 10 heteroatoms. The average Bonchev–Trinajstić information content (AvgIpc) is 3.00. The van der Waals surface area contributed by atoms with E-state index in [4.69, 9.17) is 0 Å². The van der Waals surface area contributed by atoms with Gasteiger partial charge in [0.2, 0.25) is 0 Å². The van der Waals surface area contributed by atoms with Gasteiger partial charge in [0.15, 0.2) is 0 Å². The molecule has 0 bridgehead atoms. The van der Waals surface area contributed by atoms with Crippen LogP contribution in [0.15, 0.2) is 78.6 Å². The first-order valence-corrected chi connectivity index (χ1v) is 9.60. The molecule has 3 aromatic rings. The van der Waals surface area contributed by atoms with Crippen molar-refractivity contribution in [3.05, 3.63) is 95.7 Å². The number of alkyl halides is 3. The van der Waals surface area contributed by atoms with Crippen LogP contribution in [-0.4, -0.2) is 28.1 Å². The molecule has 0 spiro atoms. The predicted molar refractivity (Wildman–Crippen MR) is 110 cm³/mol. The van der Waals surface area contributed by atoms with Gasteiger partial charge in [0, 0.05) is 11.9 Å². The van der Waals surface area contributed by atoms with Crippen LogP contribution in [0.3, 0.4) is 0 Å². The van der Waals surface area contributed by atoms with Gasteiger partial charge in [-0.05, 0) is 54.1 Å². The summed E-state index contributed by atoms with van der Waals surface area (Å²) in [5.74, 6) is -2.22. The summed E-state index contributed by atoms with van der Waals surface area (Å²) in [6, 6.07) is 14.8. The quantitative estimate of drug-likeness (QED) is 0.436. The number of ether oxygens (including phenoxy) is 1. The maximum atomic E-state index is 13.4.